The summed E-state index contributed by atoms with van der Waals surface area (Å²) < 4.78 is 2.36. The predicted octanol–water partition coefficient (Wildman–Crippen LogP) is 3.07. The Morgan fingerprint density at radius 2 is 1.86 bits per heavy atom. The first-order valence-corrected chi connectivity index (χ1v) is 7.19. The van der Waals surface area contributed by atoms with E-state index in [0.29, 0.717) is 5.82 Å². The molecule has 3 aromatic rings. The lowest BCUT2D eigenvalue weighted by molar-refractivity contribution is 0.399. The van der Waals surface area contributed by atoms with Crippen LogP contribution in [0.25, 0.3) is 21.8 Å². The van der Waals surface area contributed by atoms with Crippen LogP contribution in [0.3, 0.4) is 0 Å². The second-order valence-corrected chi connectivity index (χ2v) is 6.35. The summed E-state index contributed by atoms with van der Waals surface area (Å²) in [5.41, 5.74) is 15.0. The molecule has 0 aliphatic rings. The van der Waals surface area contributed by atoms with Crippen molar-refractivity contribution in [2.24, 2.45) is 0 Å². The van der Waals surface area contributed by atoms with Crippen molar-refractivity contribution in [2.75, 3.05) is 11.5 Å². The molecule has 0 aliphatic carbocycles. The van der Waals surface area contributed by atoms with Gasteiger partial charge in [0.25, 0.3) is 0 Å². The number of nitrogens with two attached hydrogens (primary N) is 2. The van der Waals surface area contributed by atoms with E-state index in [1.165, 1.54) is 5.69 Å². The van der Waals surface area contributed by atoms with Gasteiger partial charge in [-0.25, -0.2) is 4.98 Å². The summed E-state index contributed by atoms with van der Waals surface area (Å²) in [5.74, 6) is 0.655. The first kappa shape index (κ1) is 13.7. The minimum atomic E-state index is 0.00416. The maximum atomic E-state index is 6.09. The van der Waals surface area contributed by atoms with E-state index in [0.717, 1.165) is 28.2 Å². The van der Waals surface area contributed by atoms with E-state index in [1.807, 2.05) is 6.07 Å². The first-order valence-electron chi connectivity index (χ1n) is 7.19. The molecule has 0 saturated heterocycles. The molecule has 21 heavy (non-hydrogen) atoms. The average molecular weight is 283 g/mol. The van der Waals surface area contributed by atoms with Gasteiger partial charge in [-0.05, 0) is 45.4 Å². The third-order valence-electron chi connectivity index (χ3n) is 3.80. The molecule has 0 aliphatic heterocycles. The molecule has 110 valence electrons. The van der Waals surface area contributed by atoms with Gasteiger partial charge in [0.2, 0.25) is 5.95 Å². The summed E-state index contributed by atoms with van der Waals surface area (Å²) in [7, 11) is 0. The zero-order valence-electron chi connectivity index (χ0n) is 12.9. The highest BCUT2D eigenvalue weighted by molar-refractivity contribution is 6.10. The van der Waals surface area contributed by atoms with Gasteiger partial charge in [-0.15, -0.1) is 0 Å². The monoisotopic (exact) mass is 283 g/mol. The molecule has 3 rings (SSSR count). The van der Waals surface area contributed by atoms with Crippen molar-refractivity contribution in [3.8, 4) is 0 Å². The highest BCUT2D eigenvalue weighted by Crippen LogP contribution is 2.34. The largest absolute Gasteiger partial charge is 0.383 e. The predicted molar refractivity (Wildman–Crippen MR) is 88.2 cm³/mol. The van der Waals surface area contributed by atoms with Crippen LogP contribution in [0, 0.1) is 0 Å². The third kappa shape index (κ3) is 2.00. The lowest BCUT2D eigenvalue weighted by Gasteiger charge is -2.25. The second kappa shape index (κ2) is 4.35. The van der Waals surface area contributed by atoms with Crippen LogP contribution < -0.4 is 11.5 Å². The van der Waals surface area contributed by atoms with Crippen molar-refractivity contribution in [1.82, 2.24) is 14.5 Å². The number of nitrogen functional groups attached to an aromatic ring is 2. The van der Waals surface area contributed by atoms with Gasteiger partial charge in [-0.1, -0.05) is 6.92 Å². The molecule has 1 aromatic carbocycles. The summed E-state index contributed by atoms with van der Waals surface area (Å²) >= 11 is 0. The number of hydrogen-bond donors (Lipinski definition) is 2. The third-order valence-corrected chi connectivity index (χ3v) is 3.80. The lowest BCUT2D eigenvalue weighted by atomic mass is 10.1. The molecular formula is C16H21N5. The topological polar surface area (TPSA) is 82.8 Å². The van der Waals surface area contributed by atoms with Crippen molar-refractivity contribution >= 4 is 33.6 Å². The Morgan fingerprint density at radius 1 is 1.14 bits per heavy atom. The molecule has 2 heterocycles. The molecule has 0 saturated carbocycles. The quantitative estimate of drug-likeness (QED) is 0.719. The van der Waals surface area contributed by atoms with Crippen LogP contribution in [0.4, 0.5) is 11.8 Å². The van der Waals surface area contributed by atoms with Gasteiger partial charge in [-0.2, -0.15) is 4.98 Å². The highest BCUT2D eigenvalue weighted by Gasteiger charge is 2.21. The van der Waals surface area contributed by atoms with Crippen LogP contribution in [0.1, 0.15) is 33.4 Å². The normalized spacial score (nSPS) is 12.4. The minimum Gasteiger partial charge on any atom is -0.383 e. The fraction of sp³-hybridized carbons (Fsp3) is 0.375. The van der Waals surface area contributed by atoms with Crippen LogP contribution in [-0.2, 0) is 12.0 Å². The fourth-order valence-corrected chi connectivity index (χ4v) is 3.07. The van der Waals surface area contributed by atoms with Crippen molar-refractivity contribution in [3.63, 3.8) is 0 Å². The van der Waals surface area contributed by atoms with Crippen molar-refractivity contribution in [3.05, 3.63) is 23.9 Å². The van der Waals surface area contributed by atoms with Crippen molar-refractivity contribution < 1.29 is 0 Å². The molecule has 0 amide bonds. The Hall–Kier alpha value is -2.30. The van der Waals surface area contributed by atoms with E-state index in [1.54, 1.807) is 0 Å². The zero-order valence-corrected chi connectivity index (χ0v) is 12.9. The van der Waals surface area contributed by atoms with E-state index < -0.39 is 0 Å². The summed E-state index contributed by atoms with van der Waals surface area (Å²) in [4.78, 5) is 8.40. The molecule has 0 unspecified atom stereocenters. The standard InChI is InChI=1S/C16H21N5/c1-5-9-8-10-12(21(9)16(2,3)4)7-6-11-13(10)14(17)20-15(18)19-11/h6-8H,5H2,1-4H3,(H4,17,18,19,20). The second-order valence-electron chi connectivity index (χ2n) is 6.35. The van der Waals surface area contributed by atoms with Gasteiger partial charge in [0, 0.05) is 22.1 Å². The van der Waals surface area contributed by atoms with E-state index >= 15 is 0 Å². The number of aromatic nitrogens is 3. The molecule has 0 spiro atoms. The number of aryl methyl sites for hydroxylation is 1. The van der Waals surface area contributed by atoms with Gasteiger partial charge in [0.15, 0.2) is 0 Å². The van der Waals surface area contributed by atoms with Gasteiger partial charge in [0.1, 0.15) is 5.82 Å². The van der Waals surface area contributed by atoms with Crippen molar-refractivity contribution in [1.29, 1.82) is 0 Å². The molecule has 4 N–H and O–H groups in total. The van der Waals surface area contributed by atoms with Crippen LogP contribution in [-0.4, -0.2) is 14.5 Å². The summed E-state index contributed by atoms with van der Waals surface area (Å²) in [6, 6.07) is 6.25. The maximum absolute atomic E-state index is 6.09. The molecule has 0 fully saturated rings. The van der Waals surface area contributed by atoms with Crippen molar-refractivity contribution in [2.45, 2.75) is 39.7 Å². The molecule has 0 radical (unpaired) electrons. The number of hydrogen-bond acceptors (Lipinski definition) is 4. The fourth-order valence-electron chi connectivity index (χ4n) is 3.07. The summed E-state index contributed by atoms with van der Waals surface area (Å²) in [5, 5.41) is 1.98. The smallest absolute Gasteiger partial charge is 0.222 e. The molecule has 5 heteroatoms. The van der Waals surface area contributed by atoms with Gasteiger partial charge < -0.3 is 16.0 Å². The molecule has 0 bridgehead atoms. The Bertz CT molecular complexity index is 839. The Morgan fingerprint density at radius 3 is 2.48 bits per heavy atom. The molecule has 0 atom stereocenters. The maximum Gasteiger partial charge on any atom is 0.222 e. The average Bonchev–Trinajstić information content (AvgIpc) is 2.75. The zero-order chi connectivity index (χ0) is 15.4. The number of anilines is 2. The van der Waals surface area contributed by atoms with E-state index in [-0.39, 0.29) is 11.5 Å². The SMILES string of the molecule is CCc1cc2c3c(N)nc(N)nc3ccc2n1C(C)(C)C. The highest BCUT2D eigenvalue weighted by atomic mass is 15.1. The number of fused-ring (bicyclic) bond motifs is 3. The Balaban J connectivity index is 2.51. The first-order chi connectivity index (χ1) is 9.82. The van der Waals surface area contributed by atoms with Gasteiger partial charge >= 0.3 is 0 Å². The number of benzene rings is 1. The number of nitrogens with zero attached hydrogens (tertiary/aromatic N) is 3. The van der Waals surface area contributed by atoms with Crippen LogP contribution in [0.15, 0.2) is 18.2 Å². The van der Waals surface area contributed by atoms with E-state index in [2.05, 4.69) is 54.4 Å². The van der Waals surface area contributed by atoms with Gasteiger partial charge in [0.05, 0.1) is 10.9 Å². The molecular weight excluding hydrogens is 262 g/mol. The van der Waals surface area contributed by atoms with Crippen LogP contribution in [0.5, 0.6) is 0 Å². The lowest BCUT2D eigenvalue weighted by Crippen LogP contribution is -2.23. The molecule has 2 aromatic heterocycles. The Labute approximate surface area is 124 Å². The van der Waals surface area contributed by atoms with E-state index in [9.17, 15) is 0 Å². The van der Waals surface area contributed by atoms with Crippen LogP contribution in [0.2, 0.25) is 0 Å². The van der Waals surface area contributed by atoms with Crippen LogP contribution >= 0.6 is 0 Å². The summed E-state index contributed by atoms with van der Waals surface area (Å²) in [6.45, 7) is 8.78. The van der Waals surface area contributed by atoms with Gasteiger partial charge in [-0.3, -0.25) is 0 Å². The number of rotatable bonds is 1. The summed E-state index contributed by atoms with van der Waals surface area (Å²) in [6.07, 6.45) is 0.961. The Kier molecular flexibility index (Phi) is 2.83. The van der Waals surface area contributed by atoms with E-state index in [4.69, 9.17) is 11.5 Å². The molecule has 5 nitrogen and oxygen atoms in total. The minimum absolute atomic E-state index is 0.00416.